The second kappa shape index (κ2) is 10.5. The van der Waals surface area contributed by atoms with E-state index in [9.17, 15) is 13.2 Å². The lowest BCUT2D eigenvalue weighted by atomic mass is 10.2. The van der Waals surface area contributed by atoms with Crippen LogP contribution in [0.1, 0.15) is 18.1 Å². The summed E-state index contributed by atoms with van der Waals surface area (Å²) in [5.41, 5.74) is 11.1. The maximum Gasteiger partial charge on any atom is 0.573 e. The number of hydrogen-bond acceptors (Lipinski definition) is 6. The molecule has 2 aromatic carbocycles. The molecule has 0 unspecified atom stereocenters. The molecule has 6 N–H and O–H groups in total. The molecule has 28 heavy (non-hydrogen) atoms. The SMILES string of the molecule is CCOc1ccccc1C(N)=NO.NC(=NO)c1ccccc1OC(F)(F)F. The average molecular weight is 400 g/mol. The number of nitrogens with two attached hydrogens (primary N) is 2. The van der Waals surface area contributed by atoms with Gasteiger partial charge in [-0.3, -0.25) is 0 Å². The number of halogens is 3. The molecular weight excluding hydrogens is 381 g/mol. The maximum atomic E-state index is 11.9. The predicted molar refractivity (Wildman–Crippen MR) is 95.8 cm³/mol. The number of amidine groups is 2. The molecule has 0 saturated heterocycles. The third kappa shape index (κ3) is 6.94. The van der Waals surface area contributed by atoms with Crippen molar-refractivity contribution in [2.45, 2.75) is 13.3 Å². The van der Waals surface area contributed by atoms with Gasteiger partial charge in [0.25, 0.3) is 0 Å². The highest BCUT2D eigenvalue weighted by atomic mass is 19.4. The molecule has 8 nitrogen and oxygen atoms in total. The summed E-state index contributed by atoms with van der Waals surface area (Å²) >= 11 is 0. The number of hydrogen-bond donors (Lipinski definition) is 4. The van der Waals surface area contributed by atoms with E-state index in [1.165, 1.54) is 18.2 Å². The van der Waals surface area contributed by atoms with Crippen molar-refractivity contribution in [2.75, 3.05) is 6.61 Å². The van der Waals surface area contributed by atoms with E-state index in [-0.39, 0.29) is 11.4 Å². The van der Waals surface area contributed by atoms with Crippen molar-refractivity contribution >= 4 is 11.7 Å². The number of oxime groups is 2. The van der Waals surface area contributed by atoms with Crippen LogP contribution < -0.4 is 20.9 Å². The molecule has 0 aliphatic carbocycles. The van der Waals surface area contributed by atoms with Crippen LogP contribution in [-0.2, 0) is 0 Å². The Morgan fingerprint density at radius 1 is 0.893 bits per heavy atom. The number of alkyl halides is 3. The summed E-state index contributed by atoms with van der Waals surface area (Å²) in [4.78, 5) is 0. The normalized spacial score (nSPS) is 12.0. The number of benzene rings is 2. The van der Waals surface area contributed by atoms with Crippen LogP contribution in [0.4, 0.5) is 13.2 Å². The van der Waals surface area contributed by atoms with Crippen molar-refractivity contribution in [1.29, 1.82) is 0 Å². The van der Waals surface area contributed by atoms with Crippen LogP contribution in [0.15, 0.2) is 58.8 Å². The molecule has 0 amide bonds. The van der Waals surface area contributed by atoms with E-state index in [0.717, 1.165) is 6.07 Å². The van der Waals surface area contributed by atoms with E-state index in [0.29, 0.717) is 17.9 Å². The fraction of sp³-hybridized carbons (Fsp3) is 0.176. The van der Waals surface area contributed by atoms with Gasteiger partial charge in [-0.25, -0.2) is 0 Å². The summed E-state index contributed by atoms with van der Waals surface area (Å²) in [6.07, 6.45) is -4.81. The summed E-state index contributed by atoms with van der Waals surface area (Å²) in [7, 11) is 0. The van der Waals surface area contributed by atoms with Crippen molar-refractivity contribution < 1.29 is 33.1 Å². The van der Waals surface area contributed by atoms with Crippen molar-refractivity contribution in [2.24, 2.45) is 21.8 Å². The molecular formula is C17H19F3N4O4. The van der Waals surface area contributed by atoms with Crippen LogP contribution in [0, 0.1) is 0 Å². The fourth-order valence-electron chi connectivity index (χ4n) is 1.96. The zero-order chi connectivity index (χ0) is 21.2. The molecule has 0 heterocycles. The molecule has 0 aliphatic heterocycles. The monoisotopic (exact) mass is 400 g/mol. The Labute approximate surface area is 158 Å². The van der Waals surface area contributed by atoms with E-state index in [4.69, 9.17) is 26.6 Å². The third-order valence-corrected chi connectivity index (χ3v) is 3.07. The molecule has 0 fully saturated rings. The standard InChI is InChI=1S/C9H12N2O2.C8H7F3N2O2/c1-2-13-8-6-4-3-5-7(8)9(10)11-12;9-8(10,11)15-6-4-2-1-3-5(6)7(12)13-14/h3-6,12H,2H2,1H3,(H2,10,11);1-4,14H,(H2,12,13). The van der Waals surface area contributed by atoms with Gasteiger partial charge in [0.05, 0.1) is 17.7 Å². The van der Waals surface area contributed by atoms with Gasteiger partial charge in [-0.15, -0.1) is 13.2 Å². The number of para-hydroxylation sites is 2. The number of ether oxygens (including phenoxy) is 2. The zero-order valence-electron chi connectivity index (χ0n) is 14.7. The van der Waals surface area contributed by atoms with Crippen LogP contribution in [0.25, 0.3) is 0 Å². The summed E-state index contributed by atoms with van der Waals surface area (Å²) in [5, 5.41) is 22.3. The molecule has 11 heteroatoms. The number of rotatable bonds is 5. The summed E-state index contributed by atoms with van der Waals surface area (Å²) in [5.74, 6) is -0.278. The second-order valence-corrected chi connectivity index (χ2v) is 4.94. The van der Waals surface area contributed by atoms with E-state index in [1.54, 1.807) is 18.2 Å². The molecule has 0 saturated carbocycles. The van der Waals surface area contributed by atoms with Crippen LogP contribution in [0.5, 0.6) is 11.5 Å². The average Bonchev–Trinajstić information content (AvgIpc) is 2.67. The molecule has 152 valence electrons. The Morgan fingerprint density at radius 3 is 1.75 bits per heavy atom. The first kappa shape index (κ1) is 22.4. The van der Waals surface area contributed by atoms with E-state index in [2.05, 4.69) is 15.0 Å². The van der Waals surface area contributed by atoms with Crippen molar-refractivity contribution in [3.8, 4) is 11.5 Å². The minimum absolute atomic E-state index is 0.0593. The van der Waals surface area contributed by atoms with Gasteiger partial charge in [0.15, 0.2) is 11.7 Å². The van der Waals surface area contributed by atoms with Gasteiger partial charge in [0, 0.05) is 0 Å². The summed E-state index contributed by atoms with van der Waals surface area (Å²) < 4.78 is 44.7. The zero-order valence-corrected chi connectivity index (χ0v) is 14.7. The molecule has 2 rings (SSSR count). The lowest BCUT2D eigenvalue weighted by molar-refractivity contribution is -0.274. The molecule has 0 aliphatic rings. The molecule has 0 atom stereocenters. The first-order valence-corrected chi connectivity index (χ1v) is 7.75. The van der Waals surface area contributed by atoms with Gasteiger partial charge in [0.1, 0.15) is 11.5 Å². The van der Waals surface area contributed by atoms with Crippen molar-refractivity contribution in [3.05, 3.63) is 59.7 Å². The maximum absolute atomic E-state index is 11.9. The largest absolute Gasteiger partial charge is 0.573 e. The predicted octanol–water partition coefficient (Wildman–Crippen LogP) is 2.86. The molecule has 0 aromatic heterocycles. The second-order valence-electron chi connectivity index (χ2n) is 4.94. The van der Waals surface area contributed by atoms with Gasteiger partial charge in [-0.05, 0) is 31.2 Å². The highest BCUT2D eigenvalue weighted by Crippen LogP contribution is 2.25. The van der Waals surface area contributed by atoms with Gasteiger partial charge in [-0.1, -0.05) is 34.6 Å². The van der Waals surface area contributed by atoms with E-state index < -0.39 is 17.9 Å². The minimum Gasteiger partial charge on any atom is -0.493 e. The van der Waals surface area contributed by atoms with E-state index >= 15 is 0 Å². The lowest BCUT2D eigenvalue weighted by Gasteiger charge is -2.11. The van der Waals surface area contributed by atoms with Gasteiger partial charge < -0.3 is 31.4 Å². The Kier molecular flexibility index (Phi) is 8.41. The topological polar surface area (TPSA) is 136 Å². The van der Waals surface area contributed by atoms with Crippen LogP contribution in [0.3, 0.4) is 0 Å². The molecule has 0 radical (unpaired) electrons. The fourth-order valence-corrected chi connectivity index (χ4v) is 1.96. The lowest BCUT2D eigenvalue weighted by Crippen LogP contribution is -2.21. The molecule has 0 spiro atoms. The van der Waals surface area contributed by atoms with Gasteiger partial charge >= 0.3 is 6.36 Å². The number of nitrogens with zero attached hydrogens (tertiary/aromatic N) is 2. The Morgan fingerprint density at radius 2 is 1.32 bits per heavy atom. The highest BCUT2D eigenvalue weighted by Gasteiger charge is 2.32. The molecule has 0 bridgehead atoms. The van der Waals surface area contributed by atoms with Crippen LogP contribution in [0.2, 0.25) is 0 Å². The summed E-state index contributed by atoms with van der Waals surface area (Å²) in [6.45, 7) is 2.43. The van der Waals surface area contributed by atoms with Crippen molar-refractivity contribution in [3.63, 3.8) is 0 Å². The Bertz CT molecular complexity index is 826. The quantitative estimate of drug-likeness (QED) is 0.264. The smallest absolute Gasteiger partial charge is 0.493 e. The van der Waals surface area contributed by atoms with Gasteiger partial charge in [0.2, 0.25) is 0 Å². The van der Waals surface area contributed by atoms with Gasteiger partial charge in [-0.2, -0.15) is 0 Å². The summed E-state index contributed by atoms with van der Waals surface area (Å²) in [6, 6.07) is 12.2. The highest BCUT2D eigenvalue weighted by molar-refractivity contribution is 6.00. The van der Waals surface area contributed by atoms with Crippen molar-refractivity contribution in [1.82, 2.24) is 0 Å². The Hall–Kier alpha value is -3.63. The van der Waals surface area contributed by atoms with Crippen LogP contribution >= 0.6 is 0 Å². The molecule has 2 aromatic rings. The van der Waals surface area contributed by atoms with Crippen LogP contribution in [-0.4, -0.2) is 35.1 Å². The van der Waals surface area contributed by atoms with E-state index in [1.807, 2.05) is 13.0 Å². The first-order valence-electron chi connectivity index (χ1n) is 7.75. The third-order valence-electron chi connectivity index (χ3n) is 3.07. The minimum atomic E-state index is -4.81. The first-order chi connectivity index (χ1) is 13.2. The Balaban J connectivity index is 0.000000283.